The van der Waals surface area contributed by atoms with Crippen LogP contribution in [0.15, 0.2) is 48.5 Å². The fraction of sp³-hybridized carbons (Fsp3) is 0.0909. The van der Waals surface area contributed by atoms with E-state index in [9.17, 15) is 0 Å². The van der Waals surface area contributed by atoms with Crippen molar-refractivity contribution in [2.45, 2.75) is 9.88 Å². The Balaban J connectivity index is 0.000000565. The molecule has 0 amide bonds. The third kappa shape index (κ3) is 4.39. The maximum atomic E-state index is 4.62. The Morgan fingerprint density at radius 1 is 0.556 bits per heavy atom. The number of fused-ring (bicyclic) bond motifs is 8. The van der Waals surface area contributed by atoms with E-state index in [1.54, 1.807) is 0 Å². The van der Waals surface area contributed by atoms with Crippen molar-refractivity contribution in [1.82, 2.24) is 19.9 Å². The molecule has 8 bridgehead atoms. The van der Waals surface area contributed by atoms with Crippen LogP contribution in [0.2, 0.25) is 9.88 Å². The van der Waals surface area contributed by atoms with Crippen LogP contribution in [0.5, 0.6) is 0 Å². The van der Waals surface area contributed by atoms with E-state index in [2.05, 4.69) is 60.1 Å². The molecule has 0 fully saturated rings. The second-order valence-electron chi connectivity index (χ2n) is 6.41. The topological polar surface area (TPSA) is 57.4 Å². The summed E-state index contributed by atoms with van der Waals surface area (Å²) in [7, 11) is 0. The minimum atomic E-state index is 0.230. The zero-order chi connectivity index (χ0) is 18.6. The Morgan fingerprint density at radius 2 is 0.889 bits per heavy atom. The molecule has 2 aliphatic heterocycles. The van der Waals surface area contributed by atoms with Crippen molar-refractivity contribution in [3.05, 3.63) is 71.3 Å². The average molecular weight is 459 g/mol. The van der Waals surface area contributed by atoms with Gasteiger partial charge in [-0.2, -0.15) is 0 Å². The number of nitrogens with zero attached hydrogens (tertiary/aromatic N) is 2. The molecule has 2 aliphatic rings. The monoisotopic (exact) mass is 460 g/mol. The van der Waals surface area contributed by atoms with E-state index in [1.165, 1.54) is 0 Å². The first-order valence-electron chi connectivity index (χ1n) is 8.85. The molecule has 27 heavy (non-hydrogen) atoms. The van der Waals surface area contributed by atoms with Crippen LogP contribution in [-0.4, -0.2) is 41.1 Å². The van der Waals surface area contributed by atoms with Gasteiger partial charge in [-0.1, -0.05) is 0 Å². The third-order valence-electron chi connectivity index (χ3n) is 4.04. The summed E-state index contributed by atoms with van der Waals surface area (Å²) in [6.07, 6.45) is 8.05. The molecule has 0 atom stereocenters. The quantitative estimate of drug-likeness (QED) is 0.303. The number of nitrogens with one attached hydrogen (secondary N) is 2. The van der Waals surface area contributed by atoms with Crippen molar-refractivity contribution in [3.8, 4) is 0 Å². The Kier molecular flexibility index (Phi) is 5.25. The van der Waals surface area contributed by atoms with Crippen molar-refractivity contribution >= 4 is 67.5 Å². The fourth-order valence-corrected chi connectivity index (χ4v) is 2.94. The van der Waals surface area contributed by atoms with E-state index in [0.29, 0.717) is 0 Å². The summed E-state index contributed by atoms with van der Waals surface area (Å²) in [5, 5.41) is 0. The summed E-state index contributed by atoms with van der Waals surface area (Å²) < 4.78 is 0. The van der Waals surface area contributed by atoms with E-state index < -0.39 is 0 Å². The molecule has 0 spiro atoms. The first-order chi connectivity index (χ1) is 13.2. The summed E-state index contributed by atoms with van der Waals surface area (Å²) in [4.78, 5) is 20.6. The molecule has 4 nitrogen and oxygen atoms in total. The number of rotatable bonds is 0. The number of aromatic amines is 2. The van der Waals surface area contributed by atoms with Crippen LogP contribution in [0, 0.1) is 0 Å². The summed E-state index contributed by atoms with van der Waals surface area (Å²) in [5.74, 6) is 0. The molecule has 0 saturated carbocycles. The molecule has 2 radical (unpaired) electrons. The van der Waals surface area contributed by atoms with Crippen molar-refractivity contribution in [1.29, 1.82) is 0 Å². The summed E-state index contributed by atoms with van der Waals surface area (Å²) in [5.41, 5.74) is 7.86. The van der Waals surface area contributed by atoms with Gasteiger partial charge in [0.1, 0.15) is 0 Å². The molecular weight excluding hydrogens is 439 g/mol. The first-order valence-corrected chi connectivity index (χ1v) is 14.6. The van der Waals surface area contributed by atoms with E-state index >= 15 is 0 Å². The fourth-order valence-electron chi connectivity index (χ4n) is 2.94. The van der Waals surface area contributed by atoms with Crippen LogP contribution in [0.1, 0.15) is 22.8 Å². The predicted octanol–water partition coefficient (Wildman–Crippen LogP) is 5.44. The number of hydrogen-bond acceptors (Lipinski definition) is 2. The van der Waals surface area contributed by atoms with Crippen molar-refractivity contribution < 1.29 is 0 Å². The average Bonchev–Trinajstić information content (AvgIpc) is 3.41. The van der Waals surface area contributed by atoms with Crippen molar-refractivity contribution in [2.75, 3.05) is 0 Å². The summed E-state index contributed by atoms with van der Waals surface area (Å²) >= 11 is 0.230. The van der Waals surface area contributed by atoms with Crippen LogP contribution in [0.4, 0.5) is 0 Å². The van der Waals surface area contributed by atoms with Crippen molar-refractivity contribution in [2.24, 2.45) is 0 Å². The van der Waals surface area contributed by atoms with Gasteiger partial charge in [-0.15, -0.1) is 0 Å². The van der Waals surface area contributed by atoms with Gasteiger partial charge < -0.3 is 9.97 Å². The molecule has 5 rings (SSSR count). The van der Waals surface area contributed by atoms with Gasteiger partial charge >= 0.3 is 31.0 Å². The molecule has 0 unspecified atom stereocenters. The Hall–Kier alpha value is -2.60. The Morgan fingerprint density at radius 3 is 1.30 bits per heavy atom. The normalized spacial score (nSPS) is 11.9. The number of aromatic nitrogens is 4. The zero-order valence-electron chi connectivity index (χ0n) is 15.3. The molecule has 2 N–H and O–H groups in total. The van der Waals surface area contributed by atoms with E-state index in [4.69, 9.17) is 0 Å². The molecule has 0 saturated heterocycles. The van der Waals surface area contributed by atoms with E-state index in [0.717, 1.165) is 44.8 Å². The standard InChI is InChI=1S/C20H14N4.2CH3.Sn/c1-2-14-10-16-5-6-18(23-16)12-20-8-7-19(24-20)11-17-4-3-15(22-17)9-13(1)21-14;;;/h1-12,21-22H;2*1H3;. The van der Waals surface area contributed by atoms with Gasteiger partial charge in [0.2, 0.25) is 0 Å². The third-order valence-corrected chi connectivity index (χ3v) is 4.04. The van der Waals surface area contributed by atoms with Crippen molar-refractivity contribution in [3.63, 3.8) is 0 Å². The van der Waals surface area contributed by atoms with Gasteiger partial charge in [0.15, 0.2) is 0 Å². The second kappa shape index (κ2) is 7.96. The van der Waals surface area contributed by atoms with E-state index in [-0.39, 0.29) is 21.1 Å². The Bertz CT molecular complexity index is 1090. The molecular formula is C22H20N4Sn. The van der Waals surface area contributed by atoms with Gasteiger partial charge in [0.05, 0.1) is 22.8 Å². The van der Waals surface area contributed by atoms with Gasteiger partial charge in [-0.25, -0.2) is 9.97 Å². The molecule has 3 aromatic heterocycles. The van der Waals surface area contributed by atoms with Gasteiger partial charge in [-0.05, 0) is 72.8 Å². The van der Waals surface area contributed by atoms with Crippen LogP contribution in [0.3, 0.4) is 0 Å². The molecule has 0 aliphatic carbocycles. The van der Waals surface area contributed by atoms with Gasteiger partial charge in [0, 0.05) is 22.1 Å². The minimum absolute atomic E-state index is 0.230. The van der Waals surface area contributed by atoms with Crippen LogP contribution >= 0.6 is 0 Å². The second-order valence-corrected chi connectivity index (χ2v) is 9.26. The molecule has 3 aromatic rings. The molecule has 5 heterocycles. The number of hydrogen-bond donors (Lipinski definition) is 2. The molecule has 0 aromatic carbocycles. The molecule has 132 valence electrons. The maximum absolute atomic E-state index is 4.62. The van der Waals surface area contributed by atoms with Gasteiger partial charge in [-0.3, -0.25) is 0 Å². The molecule has 5 heteroatoms. The Labute approximate surface area is 168 Å². The summed E-state index contributed by atoms with van der Waals surface area (Å²) in [6.45, 7) is 0. The summed E-state index contributed by atoms with van der Waals surface area (Å²) in [6, 6.07) is 16.4. The van der Waals surface area contributed by atoms with Gasteiger partial charge in [0.25, 0.3) is 0 Å². The van der Waals surface area contributed by atoms with Crippen LogP contribution < -0.4 is 0 Å². The van der Waals surface area contributed by atoms with Crippen LogP contribution in [0.25, 0.3) is 46.4 Å². The first kappa shape index (κ1) is 17.8. The number of H-pyrrole nitrogens is 2. The SMILES string of the molecule is C1=Cc2cc3ccc(cc4ccc(cc5nc(cc1n2)C=C5)[nH]4)[nH]3.[CH3][Sn][CH3]. The predicted molar refractivity (Wildman–Crippen MR) is 116 cm³/mol. The zero-order valence-corrected chi connectivity index (χ0v) is 18.2. The van der Waals surface area contributed by atoms with Crippen LogP contribution in [-0.2, 0) is 0 Å². The van der Waals surface area contributed by atoms with E-state index in [1.807, 2.05) is 42.5 Å².